The highest BCUT2D eigenvalue weighted by molar-refractivity contribution is 5.38. The molecule has 0 aliphatic rings. The third-order valence-corrected chi connectivity index (χ3v) is 2.24. The average molecular weight is 224 g/mol. The molecule has 1 rings (SSSR count). The summed E-state index contributed by atoms with van der Waals surface area (Å²) in [6.07, 6.45) is 3.92. The van der Waals surface area contributed by atoms with Crippen LogP contribution in [0.3, 0.4) is 0 Å². The van der Waals surface area contributed by atoms with Crippen LogP contribution in [0.2, 0.25) is 0 Å². The van der Waals surface area contributed by atoms with Crippen LogP contribution >= 0.6 is 0 Å². The number of aromatic nitrogens is 2. The second-order valence-corrected chi connectivity index (χ2v) is 5.41. The van der Waals surface area contributed by atoms with Crippen LogP contribution in [0.5, 0.6) is 0 Å². The van der Waals surface area contributed by atoms with Crippen LogP contribution in [0.25, 0.3) is 0 Å². The SMILES string of the molecule is CC(C)n1cc(NCCNC(C)(C)C)cn1. The third-order valence-electron chi connectivity index (χ3n) is 2.24. The van der Waals surface area contributed by atoms with Gasteiger partial charge in [0.15, 0.2) is 0 Å². The molecule has 92 valence electrons. The summed E-state index contributed by atoms with van der Waals surface area (Å²) in [6.45, 7) is 12.6. The van der Waals surface area contributed by atoms with Crippen molar-refractivity contribution in [1.29, 1.82) is 0 Å². The van der Waals surface area contributed by atoms with Gasteiger partial charge in [-0.3, -0.25) is 4.68 Å². The molecule has 0 atom stereocenters. The minimum atomic E-state index is 0.184. The molecule has 16 heavy (non-hydrogen) atoms. The first kappa shape index (κ1) is 13.0. The van der Waals surface area contributed by atoms with Gasteiger partial charge in [-0.1, -0.05) is 0 Å². The lowest BCUT2D eigenvalue weighted by Crippen LogP contribution is -2.38. The van der Waals surface area contributed by atoms with Crippen molar-refractivity contribution < 1.29 is 0 Å². The van der Waals surface area contributed by atoms with Crippen LogP contribution in [-0.2, 0) is 0 Å². The second kappa shape index (κ2) is 5.34. The summed E-state index contributed by atoms with van der Waals surface area (Å²) in [7, 11) is 0. The zero-order valence-electron chi connectivity index (χ0n) is 11.0. The minimum Gasteiger partial charge on any atom is -0.381 e. The smallest absolute Gasteiger partial charge is 0.0727 e. The fraction of sp³-hybridized carbons (Fsp3) is 0.750. The lowest BCUT2D eigenvalue weighted by atomic mass is 10.1. The first-order chi connectivity index (χ1) is 7.38. The molecule has 0 unspecified atom stereocenters. The van der Waals surface area contributed by atoms with E-state index in [0.717, 1.165) is 18.8 Å². The Kier molecular flexibility index (Phi) is 4.35. The fourth-order valence-electron chi connectivity index (χ4n) is 1.36. The predicted octanol–water partition coefficient (Wildman–Crippen LogP) is 2.26. The van der Waals surface area contributed by atoms with E-state index in [0.29, 0.717) is 6.04 Å². The molecule has 0 aliphatic heterocycles. The van der Waals surface area contributed by atoms with Gasteiger partial charge >= 0.3 is 0 Å². The number of rotatable bonds is 5. The van der Waals surface area contributed by atoms with Crippen molar-refractivity contribution >= 4 is 5.69 Å². The number of nitrogens with zero attached hydrogens (tertiary/aromatic N) is 2. The number of hydrogen-bond donors (Lipinski definition) is 2. The molecular weight excluding hydrogens is 200 g/mol. The molecular formula is C12H24N4. The molecule has 4 heteroatoms. The summed E-state index contributed by atoms with van der Waals surface area (Å²) in [5.41, 5.74) is 1.27. The molecule has 0 saturated heterocycles. The average Bonchev–Trinajstić information content (AvgIpc) is 2.59. The van der Waals surface area contributed by atoms with Gasteiger partial charge in [-0.25, -0.2) is 0 Å². The van der Waals surface area contributed by atoms with Gasteiger partial charge in [0, 0.05) is 30.9 Å². The predicted molar refractivity (Wildman–Crippen MR) is 68.9 cm³/mol. The second-order valence-electron chi connectivity index (χ2n) is 5.41. The maximum Gasteiger partial charge on any atom is 0.0727 e. The summed E-state index contributed by atoms with van der Waals surface area (Å²) in [4.78, 5) is 0. The van der Waals surface area contributed by atoms with Crippen molar-refractivity contribution in [2.75, 3.05) is 18.4 Å². The highest BCUT2D eigenvalue weighted by atomic mass is 15.3. The van der Waals surface area contributed by atoms with E-state index in [2.05, 4.69) is 50.4 Å². The van der Waals surface area contributed by atoms with Gasteiger partial charge in [0.05, 0.1) is 11.9 Å². The molecule has 0 spiro atoms. The number of nitrogens with one attached hydrogen (secondary N) is 2. The van der Waals surface area contributed by atoms with E-state index in [1.165, 1.54) is 0 Å². The summed E-state index contributed by atoms with van der Waals surface area (Å²) in [5, 5.41) is 11.1. The number of anilines is 1. The summed E-state index contributed by atoms with van der Waals surface area (Å²) < 4.78 is 1.96. The van der Waals surface area contributed by atoms with Crippen molar-refractivity contribution in [2.24, 2.45) is 0 Å². The maximum absolute atomic E-state index is 4.28. The highest BCUT2D eigenvalue weighted by Gasteiger charge is 2.07. The molecule has 0 amide bonds. The van der Waals surface area contributed by atoms with Crippen molar-refractivity contribution in [3.63, 3.8) is 0 Å². The quantitative estimate of drug-likeness (QED) is 0.754. The monoisotopic (exact) mass is 224 g/mol. The normalized spacial score (nSPS) is 12.1. The van der Waals surface area contributed by atoms with Crippen LogP contribution in [0.15, 0.2) is 12.4 Å². The van der Waals surface area contributed by atoms with Gasteiger partial charge < -0.3 is 10.6 Å². The van der Waals surface area contributed by atoms with Crippen LogP contribution < -0.4 is 10.6 Å². The largest absolute Gasteiger partial charge is 0.381 e. The Balaban J connectivity index is 2.27. The zero-order chi connectivity index (χ0) is 12.2. The molecule has 0 aromatic carbocycles. The van der Waals surface area contributed by atoms with Gasteiger partial charge in [-0.2, -0.15) is 5.10 Å². The molecule has 0 radical (unpaired) electrons. The Labute approximate surface area is 98.4 Å². The Hall–Kier alpha value is -1.03. The highest BCUT2D eigenvalue weighted by Crippen LogP contribution is 2.09. The topological polar surface area (TPSA) is 41.9 Å². The molecule has 4 nitrogen and oxygen atoms in total. The van der Waals surface area contributed by atoms with Gasteiger partial charge in [0.2, 0.25) is 0 Å². The van der Waals surface area contributed by atoms with Crippen LogP contribution in [0.1, 0.15) is 40.7 Å². The summed E-state index contributed by atoms with van der Waals surface area (Å²) in [6, 6.07) is 0.420. The lowest BCUT2D eigenvalue weighted by molar-refractivity contribution is 0.435. The van der Waals surface area contributed by atoms with Crippen molar-refractivity contribution in [3.05, 3.63) is 12.4 Å². The minimum absolute atomic E-state index is 0.184. The van der Waals surface area contributed by atoms with E-state index < -0.39 is 0 Å². The lowest BCUT2D eigenvalue weighted by Gasteiger charge is -2.20. The van der Waals surface area contributed by atoms with Crippen LogP contribution in [0, 0.1) is 0 Å². The third kappa shape index (κ3) is 4.66. The van der Waals surface area contributed by atoms with Gasteiger partial charge in [0.1, 0.15) is 0 Å². The zero-order valence-corrected chi connectivity index (χ0v) is 11.0. The van der Waals surface area contributed by atoms with Gasteiger partial charge in [0.25, 0.3) is 0 Å². The van der Waals surface area contributed by atoms with E-state index in [4.69, 9.17) is 0 Å². The first-order valence-electron chi connectivity index (χ1n) is 5.91. The molecule has 1 aromatic rings. The molecule has 0 fully saturated rings. The van der Waals surface area contributed by atoms with Crippen molar-refractivity contribution in [2.45, 2.75) is 46.2 Å². The maximum atomic E-state index is 4.28. The Morgan fingerprint density at radius 3 is 2.50 bits per heavy atom. The molecule has 1 heterocycles. The fourth-order valence-corrected chi connectivity index (χ4v) is 1.36. The summed E-state index contributed by atoms with van der Waals surface area (Å²) in [5.74, 6) is 0. The molecule has 0 aliphatic carbocycles. The van der Waals surface area contributed by atoms with E-state index in [1.54, 1.807) is 0 Å². The van der Waals surface area contributed by atoms with E-state index in [-0.39, 0.29) is 5.54 Å². The molecule has 1 aromatic heterocycles. The Morgan fingerprint density at radius 1 is 1.31 bits per heavy atom. The molecule has 0 saturated carbocycles. The molecule has 2 N–H and O–H groups in total. The Bertz CT molecular complexity index is 309. The summed E-state index contributed by atoms with van der Waals surface area (Å²) >= 11 is 0. The standard InChI is InChI=1S/C12H24N4/c1-10(2)16-9-11(8-15-16)13-6-7-14-12(3,4)5/h8-10,13-14H,6-7H2,1-5H3. The van der Waals surface area contributed by atoms with Crippen molar-refractivity contribution in [3.8, 4) is 0 Å². The molecule has 0 bridgehead atoms. The van der Waals surface area contributed by atoms with Gasteiger partial charge in [-0.05, 0) is 34.6 Å². The first-order valence-corrected chi connectivity index (χ1v) is 5.91. The van der Waals surface area contributed by atoms with E-state index in [9.17, 15) is 0 Å². The number of hydrogen-bond acceptors (Lipinski definition) is 3. The van der Waals surface area contributed by atoms with E-state index in [1.807, 2.05) is 17.1 Å². The van der Waals surface area contributed by atoms with Crippen LogP contribution in [-0.4, -0.2) is 28.4 Å². The van der Waals surface area contributed by atoms with E-state index >= 15 is 0 Å². The van der Waals surface area contributed by atoms with Gasteiger partial charge in [-0.15, -0.1) is 0 Å². The van der Waals surface area contributed by atoms with Crippen LogP contribution in [0.4, 0.5) is 5.69 Å². The van der Waals surface area contributed by atoms with Crippen molar-refractivity contribution in [1.82, 2.24) is 15.1 Å². The Morgan fingerprint density at radius 2 is 2.00 bits per heavy atom.